The Morgan fingerprint density at radius 1 is 1.07 bits per heavy atom. The lowest BCUT2D eigenvalue weighted by atomic mass is 10.1. The molecule has 0 amide bonds. The van der Waals surface area contributed by atoms with Gasteiger partial charge in [-0.05, 0) is 42.3 Å². The molecule has 2 N–H and O–H groups in total. The minimum atomic E-state index is -0.849. The van der Waals surface area contributed by atoms with E-state index in [1.54, 1.807) is 25.3 Å². The third-order valence-electron chi connectivity index (χ3n) is 5.20. The van der Waals surface area contributed by atoms with E-state index in [1.807, 2.05) is 6.07 Å². The zero-order chi connectivity index (χ0) is 20.1. The van der Waals surface area contributed by atoms with Crippen LogP contribution in [0.4, 0.5) is 8.78 Å². The maximum absolute atomic E-state index is 13.5. The highest BCUT2D eigenvalue weighted by atomic mass is 19.2. The van der Waals surface area contributed by atoms with Crippen molar-refractivity contribution in [1.29, 1.82) is 0 Å². The molecule has 0 unspecified atom stereocenters. The molecule has 0 aromatic heterocycles. The first-order chi connectivity index (χ1) is 13.5. The molecule has 3 rings (SSSR count). The number of hydrogen-bond acceptors (Lipinski definition) is 5. The molecule has 0 spiro atoms. The van der Waals surface area contributed by atoms with Crippen LogP contribution in [0.15, 0.2) is 36.4 Å². The molecule has 2 aromatic carbocycles. The van der Waals surface area contributed by atoms with E-state index in [2.05, 4.69) is 9.80 Å². The number of methoxy groups -OCH3 is 1. The van der Waals surface area contributed by atoms with Crippen LogP contribution in [0.25, 0.3) is 0 Å². The fourth-order valence-electron chi connectivity index (χ4n) is 3.66. The van der Waals surface area contributed by atoms with E-state index in [-0.39, 0.29) is 18.4 Å². The van der Waals surface area contributed by atoms with E-state index in [0.717, 1.165) is 24.7 Å². The predicted octanol–water partition coefficient (Wildman–Crippen LogP) is 2.75. The van der Waals surface area contributed by atoms with E-state index in [4.69, 9.17) is 4.74 Å². The quantitative estimate of drug-likeness (QED) is 0.759. The number of aliphatic hydroxyl groups excluding tert-OH is 1. The zero-order valence-corrected chi connectivity index (χ0v) is 15.9. The van der Waals surface area contributed by atoms with Gasteiger partial charge in [-0.1, -0.05) is 6.07 Å². The Balaban J connectivity index is 1.67. The van der Waals surface area contributed by atoms with Crippen LogP contribution in [0.5, 0.6) is 11.5 Å². The highest BCUT2D eigenvalue weighted by Gasteiger charge is 2.27. The van der Waals surface area contributed by atoms with Gasteiger partial charge in [0, 0.05) is 50.9 Å². The van der Waals surface area contributed by atoms with Crippen molar-refractivity contribution >= 4 is 0 Å². The Kier molecular flexibility index (Phi) is 6.83. The van der Waals surface area contributed by atoms with Crippen molar-refractivity contribution in [3.63, 3.8) is 0 Å². The summed E-state index contributed by atoms with van der Waals surface area (Å²) in [5.74, 6) is -0.776. The fraction of sp³-hybridized carbons (Fsp3) is 0.429. The number of ether oxygens (including phenoxy) is 1. The summed E-state index contributed by atoms with van der Waals surface area (Å²) in [4.78, 5) is 4.40. The van der Waals surface area contributed by atoms with Crippen LogP contribution in [0.3, 0.4) is 0 Å². The van der Waals surface area contributed by atoms with Crippen LogP contribution in [0.1, 0.15) is 17.5 Å². The van der Waals surface area contributed by atoms with Crippen molar-refractivity contribution in [1.82, 2.24) is 9.80 Å². The first-order valence-corrected chi connectivity index (χ1v) is 9.37. The second-order valence-electron chi connectivity index (χ2n) is 7.11. The van der Waals surface area contributed by atoms with Gasteiger partial charge in [0.15, 0.2) is 11.6 Å². The molecule has 28 heavy (non-hydrogen) atoms. The summed E-state index contributed by atoms with van der Waals surface area (Å²) < 4.78 is 31.9. The maximum Gasteiger partial charge on any atom is 0.159 e. The number of phenolic OH excluding ortho intramolecular Hbond substituents is 1. The van der Waals surface area contributed by atoms with Crippen LogP contribution in [-0.4, -0.2) is 59.4 Å². The van der Waals surface area contributed by atoms with E-state index in [0.29, 0.717) is 37.4 Å². The van der Waals surface area contributed by atoms with Gasteiger partial charge in [-0.25, -0.2) is 8.78 Å². The van der Waals surface area contributed by atoms with Crippen molar-refractivity contribution in [2.75, 3.05) is 33.4 Å². The highest BCUT2D eigenvalue weighted by molar-refractivity contribution is 5.39. The zero-order valence-electron chi connectivity index (χ0n) is 15.9. The molecule has 2 aromatic rings. The van der Waals surface area contributed by atoms with E-state index in [1.165, 1.54) is 6.07 Å². The van der Waals surface area contributed by atoms with Crippen LogP contribution in [-0.2, 0) is 13.1 Å². The summed E-state index contributed by atoms with van der Waals surface area (Å²) in [7, 11) is 1.59. The Hall–Kier alpha value is -2.22. The summed E-state index contributed by atoms with van der Waals surface area (Å²) in [5.41, 5.74) is 1.50. The van der Waals surface area contributed by atoms with Crippen molar-refractivity contribution < 1.29 is 23.7 Å². The number of aromatic hydroxyl groups is 1. The van der Waals surface area contributed by atoms with Gasteiger partial charge in [-0.2, -0.15) is 0 Å². The van der Waals surface area contributed by atoms with Crippen molar-refractivity contribution in [3.8, 4) is 11.5 Å². The maximum atomic E-state index is 13.5. The van der Waals surface area contributed by atoms with Crippen LogP contribution in [0, 0.1) is 11.6 Å². The van der Waals surface area contributed by atoms with Gasteiger partial charge in [0.1, 0.15) is 11.5 Å². The SMILES string of the molecule is COc1ccc(O)c(CN2CCN(Cc3ccc(F)c(F)c3)[C@@H](CCO)C2)c1. The number of benzene rings is 2. The molecule has 7 heteroatoms. The summed E-state index contributed by atoms with van der Waals surface area (Å²) in [6.07, 6.45) is 0.588. The summed E-state index contributed by atoms with van der Waals surface area (Å²) in [5, 5.41) is 19.6. The third-order valence-corrected chi connectivity index (χ3v) is 5.20. The summed E-state index contributed by atoms with van der Waals surface area (Å²) in [6, 6.07) is 9.21. The minimum Gasteiger partial charge on any atom is -0.508 e. The highest BCUT2D eigenvalue weighted by Crippen LogP contribution is 2.26. The van der Waals surface area contributed by atoms with Crippen LogP contribution in [0.2, 0.25) is 0 Å². The fourth-order valence-corrected chi connectivity index (χ4v) is 3.66. The lowest BCUT2D eigenvalue weighted by Crippen LogP contribution is -2.52. The van der Waals surface area contributed by atoms with Gasteiger partial charge >= 0.3 is 0 Å². The topological polar surface area (TPSA) is 56.2 Å². The number of rotatable bonds is 7. The number of piperazine rings is 1. The number of aliphatic hydroxyl groups is 1. The van der Waals surface area contributed by atoms with E-state index < -0.39 is 11.6 Å². The first-order valence-electron chi connectivity index (χ1n) is 9.37. The normalized spacial score (nSPS) is 18.4. The number of phenols is 1. The largest absolute Gasteiger partial charge is 0.508 e. The average molecular weight is 392 g/mol. The lowest BCUT2D eigenvalue weighted by Gasteiger charge is -2.41. The Morgan fingerprint density at radius 3 is 2.61 bits per heavy atom. The number of nitrogens with zero attached hydrogens (tertiary/aromatic N) is 2. The molecule has 1 aliphatic rings. The van der Waals surface area contributed by atoms with Crippen molar-refractivity contribution in [3.05, 3.63) is 59.2 Å². The molecule has 0 aliphatic carbocycles. The molecular weight excluding hydrogens is 366 g/mol. The number of halogens is 2. The summed E-state index contributed by atoms with van der Waals surface area (Å²) in [6.45, 7) is 3.33. The van der Waals surface area contributed by atoms with Crippen LogP contribution >= 0.6 is 0 Å². The molecule has 5 nitrogen and oxygen atoms in total. The molecule has 1 aliphatic heterocycles. The Morgan fingerprint density at radius 2 is 1.89 bits per heavy atom. The molecule has 152 valence electrons. The number of hydrogen-bond donors (Lipinski definition) is 2. The van der Waals surface area contributed by atoms with E-state index in [9.17, 15) is 19.0 Å². The van der Waals surface area contributed by atoms with Crippen molar-refractivity contribution in [2.24, 2.45) is 0 Å². The van der Waals surface area contributed by atoms with Crippen molar-refractivity contribution in [2.45, 2.75) is 25.6 Å². The predicted molar refractivity (Wildman–Crippen MR) is 102 cm³/mol. The second kappa shape index (κ2) is 9.32. The lowest BCUT2D eigenvalue weighted by molar-refractivity contribution is 0.0495. The van der Waals surface area contributed by atoms with Gasteiger partial charge in [-0.15, -0.1) is 0 Å². The molecule has 1 fully saturated rings. The second-order valence-corrected chi connectivity index (χ2v) is 7.11. The van der Waals surface area contributed by atoms with Gasteiger partial charge in [0.2, 0.25) is 0 Å². The Labute approximate surface area is 163 Å². The van der Waals surface area contributed by atoms with Gasteiger partial charge < -0.3 is 14.9 Å². The molecule has 1 atom stereocenters. The Bertz CT molecular complexity index is 803. The monoisotopic (exact) mass is 392 g/mol. The third kappa shape index (κ3) is 4.98. The van der Waals surface area contributed by atoms with Gasteiger partial charge in [-0.3, -0.25) is 9.80 Å². The van der Waals surface area contributed by atoms with E-state index >= 15 is 0 Å². The molecular formula is C21H26F2N2O3. The molecule has 0 radical (unpaired) electrons. The molecule has 0 bridgehead atoms. The standard InChI is InChI=1S/C21H26F2N2O3/c1-28-18-3-5-21(27)16(11-18)13-24-7-8-25(17(14-24)6-9-26)12-15-2-4-19(22)20(23)10-15/h2-5,10-11,17,26-27H,6-9,12-14H2,1H3/t17-/m0/s1. The van der Waals surface area contributed by atoms with Crippen LogP contribution < -0.4 is 4.74 Å². The molecule has 0 saturated carbocycles. The smallest absolute Gasteiger partial charge is 0.159 e. The average Bonchev–Trinajstić information content (AvgIpc) is 2.68. The minimum absolute atomic E-state index is 0.0528. The first kappa shape index (κ1) is 20.5. The molecule has 1 saturated heterocycles. The van der Waals surface area contributed by atoms with Gasteiger partial charge in [0.05, 0.1) is 7.11 Å². The summed E-state index contributed by atoms with van der Waals surface area (Å²) >= 11 is 0. The van der Waals surface area contributed by atoms with Gasteiger partial charge in [0.25, 0.3) is 0 Å². The molecule has 1 heterocycles.